The largest absolute Gasteiger partial charge is 0.399 e. The van der Waals surface area contributed by atoms with Gasteiger partial charge in [-0.25, -0.2) is 0 Å². The molecule has 0 bridgehead atoms. The third-order valence-corrected chi connectivity index (χ3v) is 7.24. The van der Waals surface area contributed by atoms with Gasteiger partial charge in [0.2, 0.25) is 0 Å². The summed E-state index contributed by atoms with van der Waals surface area (Å²) in [4.78, 5) is 2.46. The van der Waals surface area contributed by atoms with Gasteiger partial charge in [0, 0.05) is 36.8 Å². The van der Waals surface area contributed by atoms with E-state index in [1.54, 1.807) is 0 Å². The van der Waals surface area contributed by atoms with Crippen LogP contribution in [-0.4, -0.2) is 22.7 Å². The summed E-state index contributed by atoms with van der Waals surface area (Å²) in [5.41, 5.74) is 12.2. The van der Waals surface area contributed by atoms with Gasteiger partial charge < -0.3 is 20.3 Å². The second-order valence-corrected chi connectivity index (χ2v) is 10.1. The topological polar surface area (TPSA) is 68.0 Å². The van der Waals surface area contributed by atoms with Crippen molar-refractivity contribution in [1.82, 2.24) is 4.90 Å². The first-order valence-corrected chi connectivity index (χ1v) is 13.3. The molecule has 1 aliphatic rings. The predicted molar refractivity (Wildman–Crippen MR) is 151 cm³/mol. The van der Waals surface area contributed by atoms with Crippen LogP contribution in [-0.2, 0) is 29.2 Å². The van der Waals surface area contributed by atoms with Gasteiger partial charge in [-0.05, 0) is 34.4 Å². The summed E-state index contributed by atoms with van der Waals surface area (Å²) in [5.74, 6) is 0.0985. The first kappa shape index (κ1) is 26.1. The molecule has 38 heavy (non-hydrogen) atoms. The van der Waals surface area contributed by atoms with E-state index in [1.807, 2.05) is 36.4 Å². The molecule has 0 aliphatic carbocycles. The Balaban J connectivity index is 1.44. The molecule has 0 aromatic heterocycles. The van der Waals surface area contributed by atoms with Gasteiger partial charge in [0.05, 0.1) is 18.8 Å². The third kappa shape index (κ3) is 6.50. The maximum absolute atomic E-state index is 9.52. The van der Waals surface area contributed by atoms with Crippen LogP contribution in [0, 0.1) is 5.92 Å². The molecule has 4 aromatic rings. The van der Waals surface area contributed by atoms with Gasteiger partial charge in [0.15, 0.2) is 6.29 Å². The monoisotopic (exact) mass is 508 g/mol. The molecule has 1 saturated heterocycles. The molecule has 0 amide bonds. The van der Waals surface area contributed by atoms with Crippen LogP contribution >= 0.6 is 0 Å². The summed E-state index contributed by atoms with van der Waals surface area (Å²) in [6, 6.07) is 36.9. The summed E-state index contributed by atoms with van der Waals surface area (Å²) in [6.45, 7) is 4.61. The fourth-order valence-electron chi connectivity index (χ4n) is 5.16. The molecule has 1 heterocycles. The maximum Gasteiger partial charge on any atom is 0.185 e. The zero-order valence-corrected chi connectivity index (χ0v) is 21.8. The Hall–Kier alpha value is -3.48. The minimum Gasteiger partial charge on any atom is -0.399 e. The molecular weight excluding hydrogens is 472 g/mol. The minimum absolute atomic E-state index is 0.0208. The van der Waals surface area contributed by atoms with Gasteiger partial charge in [0.1, 0.15) is 0 Å². The lowest BCUT2D eigenvalue weighted by Crippen LogP contribution is -2.44. The second-order valence-electron chi connectivity index (χ2n) is 10.1. The van der Waals surface area contributed by atoms with E-state index in [0.717, 1.165) is 36.3 Å². The number of nitrogens with zero attached hydrogens (tertiary/aromatic N) is 1. The van der Waals surface area contributed by atoms with Crippen molar-refractivity contribution in [2.45, 2.75) is 45.1 Å². The Morgan fingerprint density at radius 3 is 1.92 bits per heavy atom. The molecule has 0 spiro atoms. The van der Waals surface area contributed by atoms with Gasteiger partial charge in [-0.15, -0.1) is 0 Å². The standard InChI is InChI=1S/C33H36N2O3/c1-24-31(22-35(20-25-9-4-2-5-10-25)21-26-11-6-3-7-12-26)37-33(29-13-8-14-30(34)19-29)38-32(24)28-17-15-27(23-36)16-18-28/h2-19,24,31-33,36H,20-23,34H2,1H3. The number of nitrogens with two attached hydrogens (primary N) is 1. The number of hydrogen-bond acceptors (Lipinski definition) is 5. The van der Waals surface area contributed by atoms with Crippen LogP contribution in [0.1, 0.15) is 47.1 Å². The normalized spacial score (nSPS) is 21.4. The second kappa shape index (κ2) is 12.4. The Morgan fingerprint density at radius 1 is 0.711 bits per heavy atom. The summed E-state index contributed by atoms with van der Waals surface area (Å²) < 4.78 is 13.3. The summed E-state index contributed by atoms with van der Waals surface area (Å²) in [7, 11) is 0. The molecule has 3 N–H and O–H groups in total. The molecule has 4 atom stereocenters. The van der Waals surface area contributed by atoms with Gasteiger partial charge in [-0.1, -0.05) is 104 Å². The van der Waals surface area contributed by atoms with E-state index < -0.39 is 6.29 Å². The number of benzene rings is 4. The first-order chi connectivity index (χ1) is 18.6. The average molecular weight is 509 g/mol. The summed E-state index contributed by atoms with van der Waals surface area (Å²) in [6.07, 6.45) is -0.772. The molecule has 1 aliphatic heterocycles. The van der Waals surface area contributed by atoms with E-state index in [9.17, 15) is 5.11 Å². The van der Waals surface area contributed by atoms with Crippen LogP contribution in [0.2, 0.25) is 0 Å². The van der Waals surface area contributed by atoms with Crippen molar-refractivity contribution < 1.29 is 14.6 Å². The van der Waals surface area contributed by atoms with E-state index in [4.69, 9.17) is 15.2 Å². The van der Waals surface area contributed by atoms with Crippen LogP contribution in [0.25, 0.3) is 0 Å². The van der Waals surface area contributed by atoms with Crippen molar-refractivity contribution in [3.05, 3.63) is 137 Å². The van der Waals surface area contributed by atoms with E-state index in [2.05, 4.69) is 84.6 Å². The number of aliphatic hydroxyl groups excluding tert-OH is 1. The van der Waals surface area contributed by atoms with Crippen molar-refractivity contribution in [3.8, 4) is 0 Å². The van der Waals surface area contributed by atoms with Crippen molar-refractivity contribution in [2.24, 2.45) is 5.92 Å². The highest BCUT2D eigenvalue weighted by Crippen LogP contribution is 2.42. The van der Waals surface area contributed by atoms with Gasteiger partial charge in [-0.2, -0.15) is 0 Å². The van der Waals surface area contributed by atoms with E-state index >= 15 is 0 Å². The highest BCUT2D eigenvalue weighted by molar-refractivity contribution is 5.41. The molecular formula is C33H36N2O3. The van der Waals surface area contributed by atoms with Gasteiger partial charge >= 0.3 is 0 Å². The average Bonchev–Trinajstić information content (AvgIpc) is 2.95. The van der Waals surface area contributed by atoms with Crippen molar-refractivity contribution in [2.75, 3.05) is 12.3 Å². The Labute approximate surface area is 225 Å². The zero-order chi connectivity index (χ0) is 26.3. The summed E-state index contributed by atoms with van der Waals surface area (Å²) >= 11 is 0. The van der Waals surface area contributed by atoms with Crippen LogP contribution in [0.5, 0.6) is 0 Å². The number of hydrogen-bond donors (Lipinski definition) is 2. The lowest BCUT2D eigenvalue weighted by atomic mass is 9.89. The van der Waals surface area contributed by atoms with Crippen molar-refractivity contribution in [1.29, 1.82) is 0 Å². The fourth-order valence-corrected chi connectivity index (χ4v) is 5.16. The molecule has 4 aromatic carbocycles. The highest BCUT2D eigenvalue weighted by atomic mass is 16.7. The van der Waals surface area contributed by atoms with Gasteiger partial charge in [-0.3, -0.25) is 4.90 Å². The minimum atomic E-state index is -0.530. The van der Waals surface area contributed by atoms with Crippen LogP contribution in [0.3, 0.4) is 0 Å². The zero-order valence-electron chi connectivity index (χ0n) is 21.8. The smallest absolute Gasteiger partial charge is 0.185 e. The number of nitrogen functional groups attached to an aromatic ring is 1. The Morgan fingerprint density at radius 2 is 1.34 bits per heavy atom. The lowest BCUT2D eigenvalue weighted by Gasteiger charge is -2.43. The molecule has 5 rings (SSSR count). The molecule has 1 fully saturated rings. The van der Waals surface area contributed by atoms with Crippen LogP contribution in [0.4, 0.5) is 5.69 Å². The molecule has 5 heteroatoms. The molecule has 5 nitrogen and oxygen atoms in total. The lowest BCUT2D eigenvalue weighted by molar-refractivity contribution is -0.276. The molecule has 4 unspecified atom stereocenters. The van der Waals surface area contributed by atoms with E-state index in [1.165, 1.54) is 11.1 Å². The van der Waals surface area contributed by atoms with Crippen LogP contribution in [0.15, 0.2) is 109 Å². The maximum atomic E-state index is 9.52. The molecule has 196 valence electrons. The number of rotatable bonds is 9. The Kier molecular flexibility index (Phi) is 8.51. The molecule has 0 saturated carbocycles. The summed E-state index contributed by atoms with van der Waals surface area (Å²) in [5, 5.41) is 9.52. The van der Waals surface area contributed by atoms with Gasteiger partial charge in [0.25, 0.3) is 0 Å². The number of ether oxygens (including phenoxy) is 2. The van der Waals surface area contributed by atoms with E-state index in [-0.39, 0.29) is 24.7 Å². The number of anilines is 1. The van der Waals surface area contributed by atoms with Crippen LogP contribution < -0.4 is 5.73 Å². The van der Waals surface area contributed by atoms with Crippen molar-refractivity contribution in [3.63, 3.8) is 0 Å². The number of aliphatic hydroxyl groups is 1. The van der Waals surface area contributed by atoms with E-state index in [0.29, 0.717) is 5.69 Å². The SMILES string of the molecule is CC1C(CN(Cc2ccccc2)Cc2ccccc2)OC(c2cccc(N)c2)OC1c1ccc(CO)cc1. The first-order valence-electron chi connectivity index (χ1n) is 13.3. The highest BCUT2D eigenvalue weighted by Gasteiger charge is 2.39. The molecule has 0 radical (unpaired) electrons. The third-order valence-electron chi connectivity index (χ3n) is 7.24. The predicted octanol–water partition coefficient (Wildman–Crippen LogP) is 6.25. The van der Waals surface area contributed by atoms with Crippen molar-refractivity contribution >= 4 is 5.69 Å². The Bertz CT molecular complexity index is 1240. The quantitative estimate of drug-likeness (QED) is 0.261. The fraction of sp³-hybridized carbons (Fsp3) is 0.273.